The van der Waals surface area contributed by atoms with E-state index in [2.05, 4.69) is 10.3 Å². The summed E-state index contributed by atoms with van der Waals surface area (Å²) in [5.41, 5.74) is 1.15. The Labute approximate surface area is 157 Å². The Kier molecular flexibility index (Phi) is 4.81. The molecule has 1 aromatic carbocycles. The normalized spacial score (nSPS) is 13.6. The predicted molar refractivity (Wildman–Crippen MR) is 96.7 cm³/mol. The lowest BCUT2D eigenvalue weighted by atomic mass is 10.1. The van der Waals surface area contributed by atoms with Crippen LogP contribution in [0.1, 0.15) is 46.2 Å². The van der Waals surface area contributed by atoms with E-state index in [4.69, 9.17) is 23.2 Å². The summed E-state index contributed by atoms with van der Waals surface area (Å²) in [6.45, 7) is 3.59. The Morgan fingerprint density at radius 2 is 1.76 bits per heavy atom. The number of thiazole rings is 1. The van der Waals surface area contributed by atoms with Gasteiger partial charge in [0.1, 0.15) is 6.54 Å². The summed E-state index contributed by atoms with van der Waals surface area (Å²) in [6, 6.07) is 2.68. The van der Waals surface area contributed by atoms with E-state index in [1.165, 1.54) is 23.5 Å². The molecule has 2 aromatic rings. The molecule has 0 radical (unpaired) electrons. The molecule has 1 N–H and O–H groups in total. The zero-order chi connectivity index (χ0) is 18.3. The molecule has 130 valence electrons. The zero-order valence-electron chi connectivity index (χ0n) is 13.3. The first kappa shape index (κ1) is 17.8. The summed E-state index contributed by atoms with van der Waals surface area (Å²) in [5.74, 6) is -1.41. The van der Waals surface area contributed by atoms with Gasteiger partial charge >= 0.3 is 0 Å². The van der Waals surface area contributed by atoms with Gasteiger partial charge in [-0.05, 0) is 18.1 Å². The van der Waals surface area contributed by atoms with Crippen molar-refractivity contribution in [2.75, 3.05) is 11.9 Å². The van der Waals surface area contributed by atoms with E-state index in [1.807, 2.05) is 19.2 Å². The van der Waals surface area contributed by atoms with E-state index in [-0.39, 0.29) is 27.1 Å². The Balaban J connectivity index is 1.73. The molecule has 0 unspecified atom stereocenters. The van der Waals surface area contributed by atoms with E-state index >= 15 is 0 Å². The van der Waals surface area contributed by atoms with Crippen LogP contribution in [0, 0.1) is 0 Å². The monoisotopic (exact) mass is 397 g/mol. The summed E-state index contributed by atoms with van der Waals surface area (Å²) < 4.78 is 0. The molecule has 0 bridgehead atoms. The van der Waals surface area contributed by atoms with Gasteiger partial charge in [-0.25, -0.2) is 4.98 Å². The second-order valence-electron chi connectivity index (χ2n) is 5.79. The third-order valence-electron chi connectivity index (χ3n) is 3.67. The van der Waals surface area contributed by atoms with Crippen molar-refractivity contribution >= 4 is 57.4 Å². The van der Waals surface area contributed by atoms with E-state index in [9.17, 15) is 14.4 Å². The molecule has 9 heteroatoms. The minimum atomic E-state index is -0.573. The maximum Gasteiger partial charge on any atom is 0.262 e. The summed E-state index contributed by atoms with van der Waals surface area (Å²) in [4.78, 5) is 42.1. The number of nitrogens with zero attached hydrogens (tertiary/aromatic N) is 2. The maximum absolute atomic E-state index is 12.4. The molecule has 0 saturated carbocycles. The van der Waals surface area contributed by atoms with Gasteiger partial charge in [-0.15, -0.1) is 11.3 Å². The van der Waals surface area contributed by atoms with Gasteiger partial charge in [-0.3, -0.25) is 19.3 Å². The average molecular weight is 398 g/mol. The van der Waals surface area contributed by atoms with Gasteiger partial charge in [0.25, 0.3) is 11.8 Å². The SMILES string of the molecule is CC(C)c1csc(NC(=O)CN2C(=O)c3cc(Cl)c(Cl)cc3C2=O)n1. The number of aromatic nitrogens is 1. The summed E-state index contributed by atoms with van der Waals surface area (Å²) >= 11 is 13.1. The van der Waals surface area contributed by atoms with E-state index in [0.717, 1.165) is 10.6 Å². The largest absolute Gasteiger partial charge is 0.300 e. The number of halogens is 2. The molecule has 25 heavy (non-hydrogen) atoms. The highest BCUT2D eigenvalue weighted by molar-refractivity contribution is 7.13. The van der Waals surface area contributed by atoms with Crippen molar-refractivity contribution in [3.05, 3.63) is 44.4 Å². The van der Waals surface area contributed by atoms with Gasteiger partial charge < -0.3 is 5.32 Å². The highest BCUT2D eigenvalue weighted by atomic mass is 35.5. The van der Waals surface area contributed by atoms with Crippen LogP contribution in [-0.2, 0) is 4.79 Å². The second-order valence-corrected chi connectivity index (χ2v) is 7.46. The van der Waals surface area contributed by atoms with Crippen molar-refractivity contribution in [3.63, 3.8) is 0 Å². The van der Waals surface area contributed by atoms with Gasteiger partial charge in [-0.1, -0.05) is 37.0 Å². The molecule has 0 spiro atoms. The topological polar surface area (TPSA) is 79.4 Å². The molecule has 1 aliphatic rings. The van der Waals surface area contributed by atoms with Crippen molar-refractivity contribution in [2.24, 2.45) is 0 Å². The van der Waals surface area contributed by atoms with Gasteiger partial charge in [0, 0.05) is 5.38 Å². The zero-order valence-corrected chi connectivity index (χ0v) is 15.6. The number of hydrogen-bond donors (Lipinski definition) is 1. The summed E-state index contributed by atoms with van der Waals surface area (Å²) in [6.07, 6.45) is 0. The summed E-state index contributed by atoms with van der Waals surface area (Å²) in [5, 5.41) is 5.24. The van der Waals surface area contributed by atoms with Crippen molar-refractivity contribution in [3.8, 4) is 0 Å². The van der Waals surface area contributed by atoms with Crippen LogP contribution in [0.5, 0.6) is 0 Å². The highest BCUT2D eigenvalue weighted by Crippen LogP contribution is 2.31. The fourth-order valence-electron chi connectivity index (χ4n) is 2.34. The van der Waals surface area contributed by atoms with Crippen LogP contribution in [0.15, 0.2) is 17.5 Å². The molecule has 3 rings (SSSR count). The van der Waals surface area contributed by atoms with Crippen molar-refractivity contribution < 1.29 is 14.4 Å². The fraction of sp³-hybridized carbons (Fsp3) is 0.250. The molecule has 0 aliphatic carbocycles. The lowest BCUT2D eigenvalue weighted by Gasteiger charge is -2.12. The first-order valence-corrected chi connectivity index (χ1v) is 9.02. The summed E-state index contributed by atoms with van der Waals surface area (Å²) in [7, 11) is 0. The molecular formula is C16H13Cl2N3O3S. The smallest absolute Gasteiger partial charge is 0.262 e. The van der Waals surface area contributed by atoms with Crippen molar-refractivity contribution in [1.29, 1.82) is 0 Å². The predicted octanol–water partition coefficient (Wildman–Crippen LogP) is 3.81. The van der Waals surface area contributed by atoms with Crippen LogP contribution >= 0.6 is 34.5 Å². The van der Waals surface area contributed by atoms with Crippen LogP contribution in [-0.4, -0.2) is 34.2 Å². The van der Waals surface area contributed by atoms with E-state index in [0.29, 0.717) is 5.13 Å². The molecule has 2 heterocycles. The lowest BCUT2D eigenvalue weighted by Crippen LogP contribution is -2.37. The number of benzene rings is 1. The Morgan fingerprint density at radius 3 is 2.24 bits per heavy atom. The lowest BCUT2D eigenvalue weighted by molar-refractivity contribution is -0.116. The van der Waals surface area contributed by atoms with E-state index in [1.54, 1.807) is 0 Å². The van der Waals surface area contributed by atoms with Gasteiger partial charge in [-0.2, -0.15) is 0 Å². The number of rotatable bonds is 4. The maximum atomic E-state index is 12.4. The quantitative estimate of drug-likeness (QED) is 0.795. The van der Waals surface area contributed by atoms with E-state index < -0.39 is 24.3 Å². The minimum Gasteiger partial charge on any atom is -0.300 e. The molecule has 1 aliphatic heterocycles. The van der Waals surface area contributed by atoms with Crippen LogP contribution in [0.2, 0.25) is 10.0 Å². The number of amides is 3. The number of imide groups is 1. The molecule has 6 nitrogen and oxygen atoms in total. The molecule has 3 amide bonds. The number of carbonyl (C=O) groups is 3. The first-order valence-electron chi connectivity index (χ1n) is 7.38. The third kappa shape index (κ3) is 3.40. The average Bonchev–Trinajstić information content (AvgIpc) is 3.09. The number of hydrogen-bond acceptors (Lipinski definition) is 5. The van der Waals surface area contributed by atoms with Gasteiger partial charge in [0.2, 0.25) is 5.91 Å². The minimum absolute atomic E-state index is 0.142. The van der Waals surface area contributed by atoms with Gasteiger partial charge in [0.15, 0.2) is 5.13 Å². The van der Waals surface area contributed by atoms with Crippen LogP contribution in [0.3, 0.4) is 0 Å². The molecule has 1 aromatic heterocycles. The molecule has 0 saturated heterocycles. The fourth-order valence-corrected chi connectivity index (χ4v) is 3.55. The molecular weight excluding hydrogens is 385 g/mol. The number of anilines is 1. The van der Waals surface area contributed by atoms with Crippen LogP contribution in [0.4, 0.5) is 5.13 Å². The van der Waals surface area contributed by atoms with Crippen LogP contribution in [0.25, 0.3) is 0 Å². The van der Waals surface area contributed by atoms with Gasteiger partial charge in [0.05, 0.1) is 26.9 Å². The molecule has 0 atom stereocenters. The number of nitrogens with one attached hydrogen (secondary N) is 1. The highest BCUT2D eigenvalue weighted by Gasteiger charge is 2.37. The Hall–Kier alpha value is -1.96. The first-order chi connectivity index (χ1) is 11.8. The third-order valence-corrected chi connectivity index (χ3v) is 5.17. The Morgan fingerprint density at radius 1 is 1.20 bits per heavy atom. The van der Waals surface area contributed by atoms with Crippen molar-refractivity contribution in [2.45, 2.75) is 19.8 Å². The molecule has 0 fully saturated rings. The Bertz CT molecular complexity index is 854. The van der Waals surface area contributed by atoms with Crippen molar-refractivity contribution in [1.82, 2.24) is 9.88 Å². The number of carbonyl (C=O) groups excluding carboxylic acids is 3. The second kappa shape index (κ2) is 6.74. The van der Waals surface area contributed by atoms with Crippen LogP contribution < -0.4 is 5.32 Å². The standard InChI is InChI=1S/C16H13Cl2N3O3S/c1-7(2)12-6-25-16(19-12)20-13(22)5-21-14(23)8-3-10(17)11(18)4-9(8)15(21)24/h3-4,6-7H,5H2,1-2H3,(H,19,20,22). The number of fused-ring (bicyclic) bond motifs is 1.